The monoisotopic (exact) mass is 283 g/mol. The molecule has 1 atom stereocenters. The molecule has 0 radical (unpaired) electrons. The first-order chi connectivity index (χ1) is 10.1. The van der Waals surface area contributed by atoms with Crippen molar-refractivity contribution in [2.75, 3.05) is 10.6 Å². The summed E-state index contributed by atoms with van der Waals surface area (Å²) in [5.41, 5.74) is 2.63. The van der Waals surface area contributed by atoms with E-state index < -0.39 is 4.92 Å². The van der Waals surface area contributed by atoms with E-state index in [4.69, 9.17) is 0 Å². The van der Waals surface area contributed by atoms with Gasteiger partial charge in [0.25, 0.3) is 5.69 Å². The van der Waals surface area contributed by atoms with Gasteiger partial charge in [0.2, 0.25) is 5.91 Å². The first-order valence-corrected chi connectivity index (χ1v) is 6.53. The molecule has 1 aliphatic rings. The molecule has 1 heterocycles. The number of carbonyl (C=O) groups excluding carboxylic acids is 1. The number of amides is 1. The zero-order valence-corrected chi connectivity index (χ0v) is 11.1. The number of nitro benzene ring substituents is 1. The minimum absolute atomic E-state index is 0.000560. The smallest absolute Gasteiger partial charge is 0.269 e. The second-order valence-corrected chi connectivity index (χ2v) is 4.85. The number of nitro groups is 1. The Hall–Kier alpha value is -2.89. The molecule has 2 aromatic rings. The molecule has 21 heavy (non-hydrogen) atoms. The summed E-state index contributed by atoms with van der Waals surface area (Å²) in [7, 11) is 0. The molecule has 6 heteroatoms. The Balaban J connectivity index is 1.66. The van der Waals surface area contributed by atoms with Crippen LogP contribution in [0.5, 0.6) is 0 Å². The number of para-hydroxylation sites is 1. The summed E-state index contributed by atoms with van der Waals surface area (Å²) in [6, 6.07) is 13.3. The number of nitrogens with zero attached hydrogens (tertiary/aromatic N) is 1. The summed E-state index contributed by atoms with van der Waals surface area (Å²) in [4.78, 5) is 22.3. The summed E-state index contributed by atoms with van der Waals surface area (Å²) < 4.78 is 0. The quantitative estimate of drug-likeness (QED) is 0.669. The van der Waals surface area contributed by atoms with Gasteiger partial charge in [0.05, 0.1) is 4.92 Å². The lowest BCUT2D eigenvalue weighted by molar-refractivity contribution is -0.384. The van der Waals surface area contributed by atoms with Crippen LogP contribution in [0.3, 0.4) is 0 Å². The maximum Gasteiger partial charge on any atom is 0.269 e. The maximum absolute atomic E-state index is 12.2. The van der Waals surface area contributed by atoms with Gasteiger partial charge in [-0.05, 0) is 23.8 Å². The van der Waals surface area contributed by atoms with Gasteiger partial charge < -0.3 is 10.6 Å². The molecular formula is C15H13N3O3. The fraction of sp³-hybridized carbons (Fsp3) is 0.133. The Morgan fingerprint density at radius 1 is 1.19 bits per heavy atom. The zero-order chi connectivity index (χ0) is 14.8. The number of nitrogens with one attached hydrogen (secondary N) is 2. The van der Waals surface area contributed by atoms with Crippen LogP contribution in [0.1, 0.15) is 5.56 Å². The standard InChI is InChI=1S/C15H13N3O3/c19-15(14-9-10-3-1-2-4-13(10)17-14)16-11-5-7-12(8-6-11)18(20)21/h1-8,14,17H,9H2,(H,16,19)/t14-/m0/s1. The van der Waals surface area contributed by atoms with Crippen LogP contribution >= 0.6 is 0 Å². The Kier molecular flexibility index (Phi) is 3.27. The van der Waals surface area contributed by atoms with Crippen LogP contribution in [-0.2, 0) is 11.2 Å². The molecule has 0 spiro atoms. The predicted octanol–water partition coefficient (Wildman–Crippen LogP) is 2.57. The number of fused-ring (bicyclic) bond motifs is 1. The molecular weight excluding hydrogens is 270 g/mol. The van der Waals surface area contributed by atoms with E-state index in [1.165, 1.54) is 24.3 Å². The van der Waals surface area contributed by atoms with Crippen LogP contribution < -0.4 is 10.6 Å². The SMILES string of the molecule is O=C(Nc1ccc([N+](=O)[O-])cc1)[C@@H]1Cc2ccccc2N1. The molecule has 1 amide bonds. The van der Waals surface area contributed by atoms with Gasteiger partial charge in [-0.2, -0.15) is 0 Å². The fourth-order valence-corrected chi connectivity index (χ4v) is 2.35. The lowest BCUT2D eigenvalue weighted by Gasteiger charge is -2.11. The predicted molar refractivity (Wildman–Crippen MR) is 79.3 cm³/mol. The van der Waals surface area contributed by atoms with E-state index in [9.17, 15) is 14.9 Å². The number of anilines is 2. The van der Waals surface area contributed by atoms with Gasteiger partial charge in [-0.3, -0.25) is 14.9 Å². The van der Waals surface area contributed by atoms with E-state index in [0.29, 0.717) is 12.1 Å². The Morgan fingerprint density at radius 2 is 1.90 bits per heavy atom. The van der Waals surface area contributed by atoms with Crippen molar-refractivity contribution in [1.29, 1.82) is 0 Å². The van der Waals surface area contributed by atoms with Gasteiger partial charge in [0.1, 0.15) is 6.04 Å². The third kappa shape index (κ3) is 2.69. The molecule has 6 nitrogen and oxygen atoms in total. The summed E-state index contributed by atoms with van der Waals surface area (Å²) >= 11 is 0. The molecule has 3 rings (SSSR count). The molecule has 0 unspecified atom stereocenters. The zero-order valence-electron chi connectivity index (χ0n) is 11.1. The third-order valence-corrected chi connectivity index (χ3v) is 3.43. The Bertz CT molecular complexity index is 673. The number of non-ortho nitro benzene ring substituents is 1. The van der Waals surface area contributed by atoms with E-state index in [1.54, 1.807) is 0 Å². The van der Waals surface area contributed by atoms with Gasteiger partial charge in [-0.1, -0.05) is 18.2 Å². The van der Waals surface area contributed by atoms with Crippen LogP contribution in [-0.4, -0.2) is 16.9 Å². The highest BCUT2D eigenvalue weighted by atomic mass is 16.6. The first kappa shape index (κ1) is 13.1. The second-order valence-electron chi connectivity index (χ2n) is 4.85. The summed E-state index contributed by atoms with van der Waals surface area (Å²) in [5.74, 6) is -0.153. The van der Waals surface area contributed by atoms with Crippen LogP contribution in [0.15, 0.2) is 48.5 Å². The third-order valence-electron chi connectivity index (χ3n) is 3.43. The second kappa shape index (κ2) is 5.24. The van der Waals surface area contributed by atoms with E-state index in [-0.39, 0.29) is 17.6 Å². The molecule has 0 saturated heterocycles. The van der Waals surface area contributed by atoms with Crippen molar-refractivity contribution in [3.05, 3.63) is 64.2 Å². The molecule has 0 saturated carbocycles. The van der Waals surface area contributed by atoms with Crippen LogP contribution in [0.2, 0.25) is 0 Å². The Morgan fingerprint density at radius 3 is 2.57 bits per heavy atom. The lowest BCUT2D eigenvalue weighted by Crippen LogP contribution is -2.32. The molecule has 0 aliphatic carbocycles. The summed E-state index contributed by atoms with van der Waals surface area (Å²) in [5, 5.41) is 16.5. The molecule has 0 bridgehead atoms. The number of benzene rings is 2. The van der Waals surface area contributed by atoms with Gasteiger partial charge >= 0.3 is 0 Å². The topological polar surface area (TPSA) is 84.3 Å². The van der Waals surface area contributed by atoms with Crippen molar-refractivity contribution in [3.63, 3.8) is 0 Å². The van der Waals surface area contributed by atoms with Crippen LogP contribution in [0.25, 0.3) is 0 Å². The van der Waals surface area contributed by atoms with Crippen molar-refractivity contribution >= 4 is 23.0 Å². The lowest BCUT2D eigenvalue weighted by atomic mass is 10.1. The average Bonchev–Trinajstić information content (AvgIpc) is 2.92. The van der Waals surface area contributed by atoms with Crippen molar-refractivity contribution in [2.24, 2.45) is 0 Å². The molecule has 2 N–H and O–H groups in total. The highest BCUT2D eigenvalue weighted by Crippen LogP contribution is 2.26. The van der Waals surface area contributed by atoms with Crippen molar-refractivity contribution in [3.8, 4) is 0 Å². The fourth-order valence-electron chi connectivity index (χ4n) is 2.35. The van der Waals surface area contributed by atoms with Crippen LogP contribution in [0.4, 0.5) is 17.1 Å². The van der Waals surface area contributed by atoms with E-state index in [2.05, 4.69) is 10.6 Å². The normalized spacial score (nSPS) is 15.9. The number of hydrogen-bond donors (Lipinski definition) is 2. The minimum Gasteiger partial charge on any atom is -0.373 e. The minimum atomic E-state index is -0.471. The Labute approximate surface area is 120 Å². The van der Waals surface area contributed by atoms with Gasteiger partial charge in [-0.25, -0.2) is 0 Å². The average molecular weight is 283 g/mol. The molecule has 2 aromatic carbocycles. The van der Waals surface area contributed by atoms with E-state index in [0.717, 1.165) is 11.3 Å². The van der Waals surface area contributed by atoms with Crippen molar-refractivity contribution in [1.82, 2.24) is 0 Å². The molecule has 0 aromatic heterocycles. The van der Waals surface area contributed by atoms with Gasteiger partial charge in [0.15, 0.2) is 0 Å². The van der Waals surface area contributed by atoms with E-state index >= 15 is 0 Å². The summed E-state index contributed by atoms with van der Waals surface area (Å²) in [6.07, 6.45) is 0.634. The van der Waals surface area contributed by atoms with Gasteiger partial charge in [-0.15, -0.1) is 0 Å². The molecule has 0 fully saturated rings. The highest BCUT2D eigenvalue weighted by Gasteiger charge is 2.26. The maximum atomic E-state index is 12.2. The number of rotatable bonds is 3. The van der Waals surface area contributed by atoms with Crippen molar-refractivity contribution in [2.45, 2.75) is 12.5 Å². The molecule has 106 valence electrons. The first-order valence-electron chi connectivity index (χ1n) is 6.53. The van der Waals surface area contributed by atoms with Crippen LogP contribution in [0, 0.1) is 10.1 Å². The van der Waals surface area contributed by atoms with Gasteiger partial charge in [0, 0.05) is 29.9 Å². The van der Waals surface area contributed by atoms with Crippen molar-refractivity contribution < 1.29 is 9.72 Å². The highest BCUT2D eigenvalue weighted by molar-refractivity contribution is 5.98. The number of carbonyl (C=O) groups is 1. The summed E-state index contributed by atoms with van der Waals surface area (Å²) in [6.45, 7) is 0. The largest absolute Gasteiger partial charge is 0.373 e. The number of hydrogen-bond acceptors (Lipinski definition) is 4. The molecule has 1 aliphatic heterocycles. The van der Waals surface area contributed by atoms with E-state index in [1.807, 2.05) is 24.3 Å².